The van der Waals surface area contributed by atoms with Crippen LogP contribution in [-0.4, -0.2) is 33.4 Å². The summed E-state index contributed by atoms with van der Waals surface area (Å²) in [5.41, 5.74) is 6.53. The number of nitrogens with two attached hydrogens (primary N) is 1. The molecule has 0 aliphatic heterocycles. The molecule has 1 unspecified atom stereocenters. The zero-order chi connectivity index (χ0) is 22.1. The van der Waals surface area contributed by atoms with E-state index in [-0.39, 0.29) is 40.6 Å². The van der Waals surface area contributed by atoms with Gasteiger partial charge >= 0.3 is 0 Å². The van der Waals surface area contributed by atoms with Crippen molar-refractivity contribution in [2.45, 2.75) is 25.4 Å². The maximum absolute atomic E-state index is 14.1. The summed E-state index contributed by atoms with van der Waals surface area (Å²) in [7, 11) is 0. The van der Waals surface area contributed by atoms with E-state index in [9.17, 15) is 19.3 Å². The van der Waals surface area contributed by atoms with E-state index in [1.807, 2.05) is 6.07 Å². The second-order valence-corrected chi connectivity index (χ2v) is 8.49. The average Bonchev–Trinajstić information content (AvgIpc) is 3.29. The lowest BCUT2D eigenvalue weighted by Crippen LogP contribution is -2.47. The Morgan fingerprint density at radius 2 is 2.19 bits per heavy atom. The molecule has 4 rings (SSSR count). The summed E-state index contributed by atoms with van der Waals surface area (Å²) >= 11 is 5.79. The SMILES string of the molecule is NC(=O)[C@H]1[C@H]2CC(CNCc3cccc([N+](=O)[O-])c3)[C@@H](C2)[C@H]1Nc1nc(Cl)ncc1F. The molecule has 9 nitrogen and oxygen atoms in total. The fraction of sp³-hybridized carbons (Fsp3) is 0.450. The first-order valence-electron chi connectivity index (χ1n) is 10.0. The van der Waals surface area contributed by atoms with E-state index < -0.39 is 22.6 Å². The molecule has 2 aliphatic rings. The highest BCUT2D eigenvalue weighted by molar-refractivity contribution is 6.28. The van der Waals surface area contributed by atoms with Crippen molar-refractivity contribution in [2.75, 3.05) is 11.9 Å². The second-order valence-electron chi connectivity index (χ2n) is 8.15. The first-order valence-corrected chi connectivity index (χ1v) is 10.4. The van der Waals surface area contributed by atoms with Gasteiger partial charge in [-0.05, 0) is 54.3 Å². The van der Waals surface area contributed by atoms with Gasteiger partial charge in [0.25, 0.3) is 5.69 Å². The number of primary amides is 1. The van der Waals surface area contributed by atoms with Gasteiger partial charge in [0.2, 0.25) is 11.2 Å². The highest BCUT2D eigenvalue weighted by Crippen LogP contribution is 2.52. The number of nitrogens with one attached hydrogen (secondary N) is 2. The Kier molecular flexibility index (Phi) is 6.01. The van der Waals surface area contributed by atoms with Crippen LogP contribution in [0.15, 0.2) is 30.5 Å². The Morgan fingerprint density at radius 1 is 1.39 bits per heavy atom. The van der Waals surface area contributed by atoms with Crippen LogP contribution in [0.4, 0.5) is 15.9 Å². The average molecular weight is 449 g/mol. The number of fused-ring (bicyclic) bond motifs is 2. The highest BCUT2D eigenvalue weighted by Gasteiger charge is 2.54. The summed E-state index contributed by atoms with van der Waals surface area (Å²) in [6.45, 7) is 1.16. The predicted molar refractivity (Wildman–Crippen MR) is 112 cm³/mol. The molecule has 11 heteroatoms. The summed E-state index contributed by atoms with van der Waals surface area (Å²) in [4.78, 5) is 30.1. The number of nitrogens with zero attached hydrogens (tertiary/aromatic N) is 3. The number of carbonyl (C=O) groups is 1. The van der Waals surface area contributed by atoms with E-state index in [2.05, 4.69) is 20.6 Å². The van der Waals surface area contributed by atoms with E-state index in [4.69, 9.17) is 17.3 Å². The molecular weight excluding hydrogens is 427 g/mol. The fourth-order valence-electron chi connectivity index (χ4n) is 5.12. The van der Waals surface area contributed by atoms with Crippen molar-refractivity contribution in [3.05, 3.63) is 57.2 Å². The number of nitro groups is 1. The van der Waals surface area contributed by atoms with Crippen molar-refractivity contribution >= 4 is 29.0 Å². The van der Waals surface area contributed by atoms with E-state index >= 15 is 0 Å². The van der Waals surface area contributed by atoms with Crippen molar-refractivity contribution in [3.63, 3.8) is 0 Å². The number of anilines is 1. The van der Waals surface area contributed by atoms with Gasteiger partial charge in [0.15, 0.2) is 11.6 Å². The minimum Gasteiger partial charge on any atom is -0.369 e. The predicted octanol–water partition coefficient (Wildman–Crippen LogP) is 2.51. The second kappa shape index (κ2) is 8.72. The molecule has 2 bridgehead atoms. The Bertz CT molecular complexity index is 1010. The molecule has 2 saturated carbocycles. The molecule has 1 heterocycles. The lowest BCUT2D eigenvalue weighted by atomic mass is 9.77. The van der Waals surface area contributed by atoms with Gasteiger partial charge in [-0.25, -0.2) is 9.37 Å². The molecule has 2 fully saturated rings. The monoisotopic (exact) mass is 448 g/mol. The number of rotatable bonds is 8. The van der Waals surface area contributed by atoms with Crippen LogP contribution < -0.4 is 16.4 Å². The number of halogens is 2. The third-order valence-electron chi connectivity index (χ3n) is 6.35. The number of non-ortho nitro benzene ring substituents is 1. The number of carbonyl (C=O) groups excluding carboxylic acids is 1. The molecule has 2 aromatic rings. The number of aromatic nitrogens is 2. The normalized spacial score (nSPS) is 26.7. The molecule has 1 aromatic heterocycles. The largest absolute Gasteiger partial charge is 0.369 e. The lowest BCUT2D eigenvalue weighted by molar-refractivity contribution is -0.384. The Hall–Kier alpha value is -2.85. The first-order chi connectivity index (χ1) is 14.8. The Morgan fingerprint density at radius 3 is 2.94 bits per heavy atom. The minimum atomic E-state index is -0.643. The number of benzene rings is 1. The summed E-state index contributed by atoms with van der Waals surface area (Å²) in [5.74, 6) is -1.03. The fourth-order valence-corrected chi connectivity index (χ4v) is 5.26. The third-order valence-corrected chi connectivity index (χ3v) is 6.53. The van der Waals surface area contributed by atoms with Gasteiger partial charge in [-0.1, -0.05) is 12.1 Å². The molecule has 5 atom stereocenters. The van der Waals surface area contributed by atoms with Gasteiger partial charge in [-0.3, -0.25) is 14.9 Å². The number of hydrogen-bond donors (Lipinski definition) is 3. The number of amides is 1. The standard InChI is InChI=1S/C20H22ClFN6O3/c21-20-25-9-15(22)19(27-20)26-17-14-6-11(16(17)18(23)29)5-12(14)8-24-7-10-2-1-3-13(4-10)28(30)31/h1-4,9,11-12,14,16-17,24H,5-8H2,(H2,23,29)(H,25,26,27)/t11-,12?,14+,16-,17+/m0/s1. The van der Waals surface area contributed by atoms with Crippen LogP contribution in [0.2, 0.25) is 5.28 Å². The zero-order valence-corrected chi connectivity index (χ0v) is 17.3. The van der Waals surface area contributed by atoms with Crippen LogP contribution in [0, 0.1) is 39.6 Å². The van der Waals surface area contributed by atoms with Crippen LogP contribution in [0.3, 0.4) is 0 Å². The summed E-state index contributed by atoms with van der Waals surface area (Å²) < 4.78 is 14.1. The Balaban J connectivity index is 1.43. The molecule has 0 saturated heterocycles. The summed E-state index contributed by atoms with van der Waals surface area (Å²) in [6, 6.07) is 6.14. The molecule has 164 valence electrons. The Labute approximate surface area is 182 Å². The molecule has 1 amide bonds. The van der Waals surface area contributed by atoms with Crippen molar-refractivity contribution in [1.29, 1.82) is 0 Å². The van der Waals surface area contributed by atoms with E-state index in [0.29, 0.717) is 13.1 Å². The van der Waals surface area contributed by atoms with E-state index in [1.165, 1.54) is 6.07 Å². The van der Waals surface area contributed by atoms with Crippen molar-refractivity contribution < 1.29 is 14.1 Å². The number of hydrogen-bond acceptors (Lipinski definition) is 7. The molecule has 1 aromatic carbocycles. The highest BCUT2D eigenvalue weighted by atomic mass is 35.5. The summed E-state index contributed by atoms with van der Waals surface area (Å²) in [6.07, 6.45) is 2.64. The van der Waals surface area contributed by atoms with Gasteiger partial charge in [-0.2, -0.15) is 4.98 Å². The van der Waals surface area contributed by atoms with Crippen LogP contribution in [0.5, 0.6) is 0 Å². The maximum Gasteiger partial charge on any atom is 0.269 e. The van der Waals surface area contributed by atoms with Crippen molar-refractivity contribution in [1.82, 2.24) is 15.3 Å². The van der Waals surface area contributed by atoms with Gasteiger partial charge in [0.1, 0.15) is 0 Å². The van der Waals surface area contributed by atoms with Gasteiger partial charge < -0.3 is 16.4 Å². The first kappa shape index (κ1) is 21.4. The molecule has 0 radical (unpaired) electrons. The topological polar surface area (TPSA) is 136 Å². The quantitative estimate of drug-likeness (QED) is 0.320. The third kappa shape index (κ3) is 4.45. The molecule has 31 heavy (non-hydrogen) atoms. The molecular formula is C20H22ClFN6O3. The summed E-state index contributed by atoms with van der Waals surface area (Å²) in [5, 5.41) is 17.3. The van der Waals surface area contributed by atoms with Gasteiger partial charge in [0.05, 0.1) is 17.0 Å². The number of nitro benzene ring substituents is 1. The molecule has 0 spiro atoms. The van der Waals surface area contributed by atoms with Gasteiger partial charge in [-0.15, -0.1) is 0 Å². The van der Waals surface area contributed by atoms with Crippen LogP contribution in [-0.2, 0) is 11.3 Å². The van der Waals surface area contributed by atoms with Crippen LogP contribution >= 0.6 is 11.6 Å². The zero-order valence-electron chi connectivity index (χ0n) is 16.5. The van der Waals surface area contributed by atoms with Crippen molar-refractivity contribution in [3.8, 4) is 0 Å². The van der Waals surface area contributed by atoms with Crippen LogP contribution in [0.1, 0.15) is 18.4 Å². The van der Waals surface area contributed by atoms with Crippen molar-refractivity contribution in [2.24, 2.45) is 29.4 Å². The molecule has 2 aliphatic carbocycles. The molecule has 4 N–H and O–H groups in total. The van der Waals surface area contributed by atoms with Gasteiger partial charge in [0, 0.05) is 24.7 Å². The maximum atomic E-state index is 14.1. The lowest BCUT2D eigenvalue weighted by Gasteiger charge is -2.35. The van der Waals surface area contributed by atoms with Crippen LogP contribution in [0.25, 0.3) is 0 Å². The van der Waals surface area contributed by atoms with E-state index in [0.717, 1.165) is 24.6 Å². The minimum absolute atomic E-state index is 0.0351. The van der Waals surface area contributed by atoms with E-state index in [1.54, 1.807) is 12.1 Å². The smallest absolute Gasteiger partial charge is 0.269 e.